The third kappa shape index (κ3) is 2.88. The zero-order valence-corrected chi connectivity index (χ0v) is 11.6. The van der Waals surface area contributed by atoms with Crippen LogP contribution in [0.4, 0.5) is 0 Å². The van der Waals surface area contributed by atoms with Gasteiger partial charge in [-0.05, 0) is 36.8 Å². The summed E-state index contributed by atoms with van der Waals surface area (Å²) in [6, 6.07) is 1.61. The Bertz CT molecular complexity index is 481. The number of hydrogen-bond donors (Lipinski definition) is 1. The topological polar surface area (TPSA) is 55.4 Å². The van der Waals surface area contributed by atoms with Gasteiger partial charge in [-0.3, -0.25) is 0 Å². The molecule has 1 saturated heterocycles. The minimum absolute atomic E-state index is 0.00540. The van der Waals surface area contributed by atoms with E-state index >= 15 is 0 Å². The van der Waals surface area contributed by atoms with Gasteiger partial charge in [0, 0.05) is 6.61 Å². The molecule has 0 saturated carbocycles. The lowest BCUT2D eigenvalue weighted by molar-refractivity contribution is 0.0990. The summed E-state index contributed by atoms with van der Waals surface area (Å²) >= 11 is 1.26. The van der Waals surface area contributed by atoms with Gasteiger partial charge >= 0.3 is 0 Å². The molecule has 96 valence electrons. The maximum absolute atomic E-state index is 12.1. The van der Waals surface area contributed by atoms with E-state index in [0.717, 1.165) is 18.4 Å². The van der Waals surface area contributed by atoms with Crippen LogP contribution in [0.15, 0.2) is 15.7 Å². The van der Waals surface area contributed by atoms with Crippen LogP contribution in [-0.2, 0) is 14.8 Å². The Labute approximate surface area is 106 Å². The monoisotopic (exact) mass is 275 g/mol. The summed E-state index contributed by atoms with van der Waals surface area (Å²) in [7, 11) is -3.38. The molecule has 1 fully saturated rings. The van der Waals surface area contributed by atoms with E-state index in [2.05, 4.69) is 4.72 Å². The first-order valence-corrected chi connectivity index (χ1v) is 8.08. The van der Waals surface area contributed by atoms with Crippen molar-refractivity contribution < 1.29 is 13.2 Å². The van der Waals surface area contributed by atoms with Crippen molar-refractivity contribution in [1.82, 2.24) is 4.72 Å². The maximum atomic E-state index is 12.1. The molecule has 0 aliphatic carbocycles. The normalized spacial score (nSPS) is 25.3. The highest BCUT2D eigenvalue weighted by atomic mass is 32.2. The van der Waals surface area contributed by atoms with Gasteiger partial charge in [-0.15, -0.1) is 11.3 Å². The molecule has 0 bridgehead atoms. The molecular weight excluding hydrogens is 258 g/mol. The first kappa shape index (κ1) is 13.0. The van der Waals surface area contributed by atoms with Gasteiger partial charge in [0.15, 0.2) is 0 Å². The van der Waals surface area contributed by atoms with Crippen LogP contribution in [0, 0.1) is 6.92 Å². The Morgan fingerprint density at radius 2 is 2.35 bits per heavy atom. The van der Waals surface area contributed by atoms with Crippen LogP contribution in [-0.4, -0.2) is 27.2 Å². The molecule has 1 aromatic heterocycles. The van der Waals surface area contributed by atoms with Gasteiger partial charge in [-0.2, -0.15) is 0 Å². The first-order valence-electron chi connectivity index (χ1n) is 5.72. The van der Waals surface area contributed by atoms with Crippen LogP contribution in [0.3, 0.4) is 0 Å². The summed E-state index contributed by atoms with van der Waals surface area (Å²) in [4.78, 5) is 0. The second-order valence-corrected chi connectivity index (χ2v) is 7.13. The number of aryl methyl sites for hydroxylation is 1. The van der Waals surface area contributed by atoms with Gasteiger partial charge in [0.2, 0.25) is 10.0 Å². The molecule has 17 heavy (non-hydrogen) atoms. The summed E-state index contributed by atoms with van der Waals surface area (Å²) in [6.07, 6.45) is 1.59. The molecule has 0 amide bonds. The number of thiophene rings is 1. The standard InChI is InChI=1S/C11H17NO3S2/c1-3-10-9(4-5-15-10)12-17(13,14)11-6-8(2)7-16-11/h6-7,9-10,12H,3-5H2,1-2H3/t9-,10+/m0/s1. The smallest absolute Gasteiger partial charge is 0.250 e. The van der Waals surface area contributed by atoms with Crippen molar-refractivity contribution in [1.29, 1.82) is 0 Å². The molecule has 0 aromatic carbocycles. The molecular formula is C11H17NO3S2. The molecule has 1 aromatic rings. The van der Waals surface area contributed by atoms with E-state index in [4.69, 9.17) is 4.74 Å². The van der Waals surface area contributed by atoms with Gasteiger partial charge in [0.05, 0.1) is 12.1 Å². The predicted octanol–water partition coefficient (Wildman–Crippen LogP) is 1.90. The molecule has 1 aliphatic heterocycles. The second kappa shape index (κ2) is 5.06. The van der Waals surface area contributed by atoms with Crippen molar-refractivity contribution in [3.63, 3.8) is 0 Å². The Hall–Kier alpha value is -0.430. The van der Waals surface area contributed by atoms with Gasteiger partial charge in [0.25, 0.3) is 0 Å². The van der Waals surface area contributed by atoms with Gasteiger partial charge in [-0.1, -0.05) is 6.92 Å². The lowest BCUT2D eigenvalue weighted by Gasteiger charge is -2.17. The van der Waals surface area contributed by atoms with Crippen LogP contribution in [0.2, 0.25) is 0 Å². The van der Waals surface area contributed by atoms with Crippen molar-refractivity contribution in [2.45, 2.75) is 43.0 Å². The molecule has 2 heterocycles. The molecule has 1 N–H and O–H groups in total. The maximum Gasteiger partial charge on any atom is 0.250 e. The lowest BCUT2D eigenvalue weighted by atomic mass is 10.1. The Kier molecular flexibility index (Phi) is 3.87. The van der Waals surface area contributed by atoms with Crippen LogP contribution >= 0.6 is 11.3 Å². The average Bonchev–Trinajstić information content (AvgIpc) is 2.86. The second-order valence-electron chi connectivity index (χ2n) is 4.28. The van der Waals surface area contributed by atoms with Crippen LogP contribution in [0.25, 0.3) is 0 Å². The van der Waals surface area contributed by atoms with Gasteiger partial charge in [-0.25, -0.2) is 13.1 Å². The highest BCUT2D eigenvalue weighted by Crippen LogP contribution is 2.23. The minimum atomic E-state index is -3.38. The summed E-state index contributed by atoms with van der Waals surface area (Å²) in [6.45, 7) is 4.53. The molecule has 2 atom stereocenters. The highest BCUT2D eigenvalue weighted by Gasteiger charge is 2.31. The third-order valence-electron chi connectivity index (χ3n) is 2.89. The Morgan fingerprint density at radius 1 is 1.59 bits per heavy atom. The zero-order valence-electron chi connectivity index (χ0n) is 9.97. The number of ether oxygens (including phenoxy) is 1. The fourth-order valence-corrected chi connectivity index (χ4v) is 4.53. The van der Waals surface area contributed by atoms with E-state index < -0.39 is 10.0 Å². The van der Waals surface area contributed by atoms with Crippen molar-refractivity contribution in [2.75, 3.05) is 6.61 Å². The largest absolute Gasteiger partial charge is 0.377 e. The fourth-order valence-electron chi connectivity index (χ4n) is 1.99. The van der Waals surface area contributed by atoms with E-state index in [0.29, 0.717) is 10.8 Å². The number of hydrogen-bond acceptors (Lipinski definition) is 4. The van der Waals surface area contributed by atoms with Crippen molar-refractivity contribution in [2.24, 2.45) is 0 Å². The summed E-state index contributed by atoms with van der Waals surface area (Å²) in [5.41, 5.74) is 0.977. The van der Waals surface area contributed by atoms with E-state index in [-0.39, 0.29) is 12.1 Å². The predicted molar refractivity (Wildman–Crippen MR) is 67.8 cm³/mol. The van der Waals surface area contributed by atoms with E-state index in [1.807, 2.05) is 19.2 Å². The van der Waals surface area contributed by atoms with Crippen molar-refractivity contribution >= 4 is 21.4 Å². The third-order valence-corrected chi connectivity index (χ3v) is 5.94. The number of sulfonamides is 1. The van der Waals surface area contributed by atoms with Crippen molar-refractivity contribution in [3.05, 3.63) is 17.0 Å². The Balaban J connectivity index is 2.12. The van der Waals surface area contributed by atoms with Crippen LogP contribution in [0.5, 0.6) is 0 Å². The molecule has 0 spiro atoms. The van der Waals surface area contributed by atoms with E-state index in [1.165, 1.54) is 11.3 Å². The van der Waals surface area contributed by atoms with Gasteiger partial charge in [0.1, 0.15) is 4.21 Å². The number of rotatable bonds is 4. The molecule has 1 aliphatic rings. The minimum Gasteiger partial charge on any atom is -0.377 e. The summed E-state index contributed by atoms with van der Waals surface area (Å²) in [5, 5.41) is 1.84. The van der Waals surface area contributed by atoms with Crippen molar-refractivity contribution in [3.8, 4) is 0 Å². The van der Waals surface area contributed by atoms with E-state index in [9.17, 15) is 8.42 Å². The lowest BCUT2D eigenvalue weighted by Crippen LogP contribution is -2.39. The Morgan fingerprint density at radius 3 is 2.94 bits per heavy atom. The fraction of sp³-hybridized carbons (Fsp3) is 0.636. The zero-order chi connectivity index (χ0) is 12.5. The van der Waals surface area contributed by atoms with Crippen LogP contribution < -0.4 is 4.72 Å². The SMILES string of the molecule is CC[C@H]1OCC[C@@H]1NS(=O)(=O)c1cc(C)cs1. The molecule has 6 heteroatoms. The number of nitrogens with one attached hydrogen (secondary N) is 1. The summed E-state index contributed by atoms with van der Waals surface area (Å²) in [5.74, 6) is 0. The quantitative estimate of drug-likeness (QED) is 0.913. The highest BCUT2D eigenvalue weighted by molar-refractivity contribution is 7.91. The summed E-state index contributed by atoms with van der Waals surface area (Å²) < 4.78 is 32.8. The molecule has 2 rings (SSSR count). The first-order chi connectivity index (χ1) is 8.03. The molecule has 0 unspecified atom stereocenters. The molecule has 4 nitrogen and oxygen atoms in total. The van der Waals surface area contributed by atoms with Crippen LogP contribution in [0.1, 0.15) is 25.3 Å². The van der Waals surface area contributed by atoms with E-state index in [1.54, 1.807) is 6.07 Å². The average molecular weight is 275 g/mol. The molecule has 0 radical (unpaired) electrons. The van der Waals surface area contributed by atoms with Gasteiger partial charge < -0.3 is 4.74 Å².